The number of hydrogen-bond donors (Lipinski definition) is 2. The van der Waals surface area contributed by atoms with Crippen LogP contribution in [-0.2, 0) is 12.8 Å². The highest BCUT2D eigenvalue weighted by Crippen LogP contribution is 2.30. The van der Waals surface area contributed by atoms with Crippen molar-refractivity contribution in [1.29, 1.82) is 0 Å². The number of benzene rings is 3. The maximum atomic E-state index is 6.51. The number of nitrogens with two attached hydrogens (primary N) is 2. The van der Waals surface area contributed by atoms with Crippen LogP contribution in [-0.4, -0.2) is 16.2 Å². The number of fused-ring (bicyclic) bond motifs is 2. The summed E-state index contributed by atoms with van der Waals surface area (Å²) in [5.41, 5.74) is 16.4. The van der Waals surface area contributed by atoms with Gasteiger partial charge in [0.25, 0.3) is 0 Å². The van der Waals surface area contributed by atoms with Gasteiger partial charge in [0.1, 0.15) is 5.69 Å². The third-order valence-electron chi connectivity index (χ3n) is 5.51. The molecule has 0 saturated carbocycles. The highest BCUT2D eigenvalue weighted by Gasteiger charge is 2.19. The van der Waals surface area contributed by atoms with Crippen molar-refractivity contribution in [3.63, 3.8) is 0 Å². The Kier molecular flexibility index (Phi) is 4.65. The van der Waals surface area contributed by atoms with Crippen LogP contribution < -0.4 is 11.5 Å². The number of nitrogens with zero attached hydrogens (tertiary/aromatic N) is 2. The SMILES string of the molecule is Nc1onc(-c2ccc3cnccc3c2)c1C[C@@H](N)Cc1ccc2ccccc2c1. The molecule has 5 nitrogen and oxygen atoms in total. The van der Waals surface area contributed by atoms with Crippen molar-refractivity contribution in [2.24, 2.45) is 5.73 Å². The topological polar surface area (TPSA) is 91.0 Å². The van der Waals surface area contributed by atoms with Gasteiger partial charge in [-0.3, -0.25) is 4.98 Å². The average molecular weight is 394 g/mol. The van der Waals surface area contributed by atoms with E-state index in [0.29, 0.717) is 12.3 Å². The second-order valence-electron chi connectivity index (χ2n) is 7.66. The summed E-state index contributed by atoms with van der Waals surface area (Å²) in [4.78, 5) is 4.16. The predicted molar refractivity (Wildman–Crippen MR) is 121 cm³/mol. The number of hydrogen-bond acceptors (Lipinski definition) is 5. The fraction of sp³-hybridized carbons (Fsp3) is 0.120. The molecule has 2 heterocycles. The lowest BCUT2D eigenvalue weighted by Gasteiger charge is -2.13. The van der Waals surface area contributed by atoms with Crippen LogP contribution in [0.2, 0.25) is 0 Å². The van der Waals surface area contributed by atoms with Gasteiger partial charge in [-0.25, -0.2) is 0 Å². The number of aromatic nitrogens is 2. The molecule has 0 saturated heterocycles. The molecule has 0 fully saturated rings. The number of nitrogen functional groups attached to an aromatic ring is 1. The Balaban J connectivity index is 1.40. The standard InChI is InChI=1S/C25H22N4O/c26-22(12-16-5-6-17-3-1-2-4-18(17)11-16)14-23-24(29-30-25(23)27)20-7-8-21-15-28-10-9-19(21)13-20/h1-11,13,15,22H,12,14,26-27H2/t22-/m0/s1. The van der Waals surface area contributed by atoms with E-state index < -0.39 is 0 Å². The normalized spacial score (nSPS) is 12.4. The van der Waals surface area contributed by atoms with Crippen LogP contribution in [0.4, 0.5) is 5.88 Å². The third kappa shape index (κ3) is 3.51. The average Bonchev–Trinajstić information content (AvgIpc) is 3.13. The van der Waals surface area contributed by atoms with Gasteiger partial charge in [-0.15, -0.1) is 0 Å². The molecule has 0 aliphatic carbocycles. The first-order valence-electron chi connectivity index (χ1n) is 9.99. The maximum Gasteiger partial charge on any atom is 0.225 e. The number of pyridine rings is 1. The Labute approximate surface area is 174 Å². The molecule has 0 aliphatic heterocycles. The van der Waals surface area contributed by atoms with Gasteiger partial charge in [-0.1, -0.05) is 59.8 Å². The first-order chi connectivity index (χ1) is 14.7. The molecule has 0 unspecified atom stereocenters. The number of rotatable bonds is 5. The first kappa shape index (κ1) is 18.3. The Bertz CT molecular complexity index is 1340. The van der Waals surface area contributed by atoms with E-state index >= 15 is 0 Å². The zero-order valence-electron chi connectivity index (χ0n) is 16.5. The third-order valence-corrected chi connectivity index (χ3v) is 5.51. The van der Waals surface area contributed by atoms with E-state index in [0.717, 1.165) is 34.0 Å². The fourth-order valence-electron chi connectivity index (χ4n) is 3.98. The summed E-state index contributed by atoms with van der Waals surface area (Å²) < 4.78 is 5.33. The first-order valence-corrected chi connectivity index (χ1v) is 9.99. The molecule has 5 rings (SSSR count). The molecule has 0 spiro atoms. The van der Waals surface area contributed by atoms with Crippen molar-refractivity contribution in [3.8, 4) is 11.3 Å². The van der Waals surface area contributed by atoms with E-state index in [1.807, 2.05) is 30.5 Å². The lowest BCUT2D eigenvalue weighted by atomic mass is 9.95. The van der Waals surface area contributed by atoms with E-state index in [1.165, 1.54) is 16.3 Å². The molecule has 0 amide bonds. The van der Waals surface area contributed by atoms with Crippen LogP contribution >= 0.6 is 0 Å². The molecule has 0 bridgehead atoms. The van der Waals surface area contributed by atoms with Crippen molar-refractivity contribution < 1.29 is 4.52 Å². The highest BCUT2D eigenvalue weighted by atomic mass is 16.5. The Morgan fingerprint density at radius 2 is 1.63 bits per heavy atom. The van der Waals surface area contributed by atoms with Crippen LogP contribution in [0.3, 0.4) is 0 Å². The molecule has 30 heavy (non-hydrogen) atoms. The quantitative estimate of drug-likeness (QED) is 0.449. The molecule has 148 valence electrons. The summed E-state index contributed by atoms with van der Waals surface area (Å²) in [7, 11) is 0. The largest absolute Gasteiger partial charge is 0.367 e. The zero-order chi connectivity index (χ0) is 20.5. The van der Waals surface area contributed by atoms with Crippen LogP contribution in [0.25, 0.3) is 32.8 Å². The van der Waals surface area contributed by atoms with Gasteiger partial charge in [0.15, 0.2) is 0 Å². The molecule has 2 aromatic heterocycles. The predicted octanol–water partition coefficient (Wildman–Crippen LogP) is 4.74. The van der Waals surface area contributed by atoms with Crippen LogP contribution in [0.15, 0.2) is 83.6 Å². The van der Waals surface area contributed by atoms with Crippen LogP contribution in [0.1, 0.15) is 11.1 Å². The van der Waals surface area contributed by atoms with Gasteiger partial charge in [-0.05, 0) is 46.7 Å². The fourth-order valence-corrected chi connectivity index (χ4v) is 3.98. The maximum absolute atomic E-state index is 6.51. The van der Waals surface area contributed by atoms with Gasteiger partial charge in [0.05, 0.1) is 0 Å². The molecular weight excluding hydrogens is 372 g/mol. The monoisotopic (exact) mass is 394 g/mol. The summed E-state index contributed by atoms with van der Waals surface area (Å²) in [6.45, 7) is 0. The van der Waals surface area contributed by atoms with Crippen LogP contribution in [0, 0.1) is 0 Å². The minimum absolute atomic E-state index is 0.101. The van der Waals surface area contributed by atoms with Gasteiger partial charge in [-0.2, -0.15) is 0 Å². The van der Waals surface area contributed by atoms with Crippen LogP contribution in [0.5, 0.6) is 0 Å². The van der Waals surface area contributed by atoms with Crippen molar-refractivity contribution in [2.75, 3.05) is 5.73 Å². The summed E-state index contributed by atoms with van der Waals surface area (Å²) in [6, 6.07) is 22.8. The summed E-state index contributed by atoms with van der Waals surface area (Å²) in [5, 5.41) is 8.84. The highest BCUT2D eigenvalue weighted by molar-refractivity contribution is 5.87. The van der Waals surface area contributed by atoms with E-state index in [2.05, 4.69) is 52.6 Å². The molecule has 1 atom stereocenters. The Morgan fingerprint density at radius 1 is 0.833 bits per heavy atom. The lowest BCUT2D eigenvalue weighted by Crippen LogP contribution is -2.26. The van der Waals surface area contributed by atoms with Gasteiger partial charge >= 0.3 is 0 Å². The molecule has 0 aliphatic rings. The molecule has 5 heteroatoms. The minimum Gasteiger partial charge on any atom is -0.367 e. The zero-order valence-corrected chi connectivity index (χ0v) is 16.5. The summed E-state index contributed by atoms with van der Waals surface area (Å²) in [5.74, 6) is 0.328. The summed E-state index contributed by atoms with van der Waals surface area (Å²) >= 11 is 0. The second kappa shape index (κ2) is 7.61. The molecule has 0 radical (unpaired) electrons. The smallest absolute Gasteiger partial charge is 0.225 e. The van der Waals surface area contributed by atoms with E-state index in [9.17, 15) is 0 Å². The van der Waals surface area contributed by atoms with Gasteiger partial charge in [0.2, 0.25) is 5.88 Å². The molecule has 4 N–H and O–H groups in total. The summed E-state index contributed by atoms with van der Waals surface area (Å²) in [6.07, 6.45) is 4.96. The Morgan fingerprint density at radius 3 is 2.53 bits per heavy atom. The van der Waals surface area contributed by atoms with Crippen molar-refractivity contribution in [3.05, 3.63) is 90.3 Å². The molecular formula is C25H22N4O. The number of anilines is 1. The van der Waals surface area contributed by atoms with Crippen molar-refractivity contribution in [1.82, 2.24) is 10.1 Å². The van der Waals surface area contributed by atoms with Gasteiger partial charge in [0, 0.05) is 34.9 Å². The van der Waals surface area contributed by atoms with E-state index in [1.54, 1.807) is 6.20 Å². The lowest BCUT2D eigenvalue weighted by molar-refractivity contribution is 0.438. The van der Waals surface area contributed by atoms with E-state index in [4.69, 9.17) is 16.0 Å². The van der Waals surface area contributed by atoms with E-state index in [-0.39, 0.29) is 6.04 Å². The molecule has 5 aromatic rings. The minimum atomic E-state index is -0.101. The van der Waals surface area contributed by atoms with Crippen molar-refractivity contribution in [2.45, 2.75) is 18.9 Å². The Hall–Kier alpha value is -3.70. The molecule has 3 aromatic carbocycles. The van der Waals surface area contributed by atoms with Crippen molar-refractivity contribution >= 4 is 27.4 Å². The second-order valence-corrected chi connectivity index (χ2v) is 7.66. The van der Waals surface area contributed by atoms with Gasteiger partial charge < -0.3 is 16.0 Å².